The molecule has 1 aromatic carbocycles. The minimum atomic E-state index is -1.09. The Morgan fingerprint density at radius 3 is 2.46 bits per heavy atom. The van der Waals surface area contributed by atoms with Crippen molar-refractivity contribution < 1.29 is 28.7 Å². The summed E-state index contributed by atoms with van der Waals surface area (Å²) in [6, 6.07) is 2.26. The Morgan fingerprint density at radius 1 is 1.29 bits per heavy atom. The Labute approximate surface area is 139 Å². The Kier molecular flexibility index (Phi) is 6.97. The van der Waals surface area contributed by atoms with E-state index in [1.807, 2.05) is 0 Å². The number of hydrogen-bond donors (Lipinski definition) is 1. The summed E-state index contributed by atoms with van der Waals surface area (Å²) in [4.78, 5) is 34.4. The fourth-order valence-corrected chi connectivity index (χ4v) is 1.89. The molecule has 1 rings (SSSR count). The lowest BCUT2D eigenvalue weighted by atomic mass is 10.1. The molecule has 24 heavy (non-hydrogen) atoms. The van der Waals surface area contributed by atoms with Crippen LogP contribution in [0.2, 0.25) is 0 Å². The van der Waals surface area contributed by atoms with Crippen LogP contribution in [0.25, 0.3) is 0 Å². The molecule has 9 nitrogen and oxygen atoms in total. The van der Waals surface area contributed by atoms with Crippen molar-refractivity contribution in [2.24, 2.45) is 0 Å². The third-order valence-corrected chi connectivity index (χ3v) is 3.00. The molecule has 1 amide bonds. The lowest BCUT2D eigenvalue weighted by Crippen LogP contribution is -2.35. The predicted molar refractivity (Wildman–Crippen MR) is 84.4 cm³/mol. The van der Waals surface area contributed by atoms with Gasteiger partial charge in [0, 0.05) is 12.6 Å². The van der Waals surface area contributed by atoms with Gasteiger partial charge in [-0.05, 0) is 20.8 Å². The second kappa shape index (κ2) is 8.70. The molecule has 9 heteroatoms. The number of nitrogens with zero attached hydrogens (tertiary/aromatic N) is 1. The van der Waals surface area contributed by atoms with E-state index in [1.165, 1.54) is 20.1 Å². The molecule has 0 aliphatic rings. The molecule has 132 valence electrons. The Hall–Kier alpha value is -2.84. The van der Waals surface area contributed by atoms with E-state index in [-0.39, 0.29) is 23.7 Å². The molecule has 0 bridgehead atoms. The van der Waals surface area contributed by atoms with Crippen LogP contribution >= 0.6 is 0 Å². The van der Waals surface area contributed by atoms with Gasteiger partial charge >= 0.3 is 5.97 Å². The number of rotatable bonds is 8. The van der Waals surface area contributed by atoms with Crippen molar-refractivity contribution in [3.8, 4) is 11.5 Å². The molecule has 1 atom stereocenters. The number of hydrogen-bond acceptors (Lipinski definition) is 7. The fraction of sp³-hybridized carbons (Fsp3) is 0.467. The zero-order chi connectivity index (χ0) is 18.3. The number of ether oxygens (including phenoxy) is 3. The smallest absolute Gasteiger partial charge is 0.346 e. The Balaban J connectivity index is 3.19. The van der Waals surface area contributed by atoms with Crippen molar-refractivity contribution in [3.63, 3.8) is 0 Å². The van der Waals surface area contributed by atoms with Crippen LogP contribution in [0.3, 0.4) is 0 Å². The number of amides is 1. The van der Waals surface area contributed by atoms with E-state index in [2.05, 4.69) is 5.32 Å². The van der Waals surface area contributed by atoms with Gasteiger partial charge in [0.05, 0.1) is 24.7 Å². The highest BCUT2D eigenvalue weighted by Crippen LogP contribution is 2.35. The highest BCUT2D eigenvalue weighted by Gasteiger charge is 2.28. The van der Waals surface area contributed by atoms with E-state index in [0.29, 0.717) is 6.54 Å². The molecule has 0 aliphatic carbocycles. The summed E-state index contributed by atoms with van der Waals surface area (Å²) < 4.78 is 15.3. The number of likely N-dealkylation sites (N-methyl/N-ethyl adjacent to an activating group) is 1. The van der Waals surface area contributed by atoms with Crippen LogP contribution in [0.1, 0.15) is 31.1 Å². The van der Waals surface area contributed by atoms with Crippen LogP contribution in [0, 0.1) is 10.1 Å². The van der Waals surface area contributed by atoms with Crippen molar-refractivity contribution in [1.29, 1.82) is 0 Å². The van der Waals surface area contributed by atoms with E-state index in [4.69, 9.17) is 14.2 Å². The van der Waals surface area contributed by atoms with E-state index >= 15 is 0 Å². The molecule has 0 radical (unpaired) electrons. The van der Waals surface area contributed by atoms with Gasteiger partial charge in [0.25, 0.3) is 11.6 Å². The van der Waals surface area contributed by atoms with Gasteiger partial charge in [-0.2, -0.15) is 0 Å². The van der Waals surface area contributed by atoms with Crippen molar-refractivity contribution in [2.75, 3.05) is 20.3 Å². The van der Waals surface area contributed by atoms with Crippen LogP contribution in [0.15, 0.2) is 12.1 Å². The van der Waals surface area contributed by atoms with Crippen molar-refractivity contribution in [2.45, 2.75) is 26.9 Å². The molecule has 0 saturated carbocycles. The number of esters is 1. The van der Waals surface area contributed by atoms with Gasteiger partial charge in [-0.1, -0.05) is 0 Å². The normalized spacial score (nSPS) is 11.3. The SMILES string of the molecule is CCNC(=O)C(C)OC(=O)c1cc(OCC)c(OC)cc1[N+](=O)[O-]. The Morgan fingerprint density at radius 2 is 1.96 bits per heavy atom. The molecule has 1 unspecified atom stereocenters. The first kappa shape index (κ1) is 19.2. The first-order valence-electron chi connectivity index (χ1n) is 7.33. The number of nitro groups is 1. The van der Waals surface area contributed by atoms with Crippen LogP contribution in [-0.2, 0) is 9.53 Å². The third-order valence-electron chi connectivity index (χ3n) is 3.00. The van der Waals surface area contributed by atoms with Crippen molar-refractivity contribution in [1.82, 2.24) is 5.32 Å². The number of methoxy groups -OCH3 is 1. The second-order valence-corrected chi connectivity index (χ2v) is 4.65. The molecular weight excluding hydrogens is 320 g/mol. The van der Waals surface area contributed by atoms with E-state index in [0.717, 1.165) is 6.07 Å². The zero-order valence-electron chi connectivity index (χ0n) is 14.0. The number of nitrogens with one attached hydrogen (secondary N) is 1. The summed E-state index contributed by atoms with van der Waals surface area (Å²) in [5.74, 6) is -1.20. The lowest BCUT2D eigenvalue weighted by Gasteiger charge is -2.14. The quantitative estimate of drug-likeness (QED) is 0.434. The summed E-state index contributed by atoms with van der Waals surface area (Å²) in [7, 11) is 1.33. The van der Waals surface area contributed by atoms with Gasteiger partial charge in [0.15, 0.2) is 17.6 Å². The molecule has 1 N–H and O–H groups in total. The number of carbonyl (C=O) groups excluding carboxylic acids is 2. The first-order chi connectivity index (χ1) is 11.3. The number of nitro benzene ring substituents is 1. The lowest BCUT2D eigenvalue weighted by molar-refractivity contribution is -0.385. The standard InChI is InChI=1S/C15H20N2O7/c1-5-16-14(18)9(3)24-15(19)10-7-13(23-6-2)12(22-4)8-11(10)17(20)21/h7-9H,5-6H2,1-4H3,(H,16,18). The molecule has 0 aliphatic heterocycles. The first-order valence-corrected chi connectivity index (χ1v) is 7.33. The molecular formula is C15H20N2O7. The molecule has 0 fully saturated rings. The minimum absolute atomic E-state index is 0.122. The number of benzene rings is 1. The van der Waals surface area contributed by atoms with Gasteiger partial charge in [-0.25, -0.2) is 4.79 Å². The van der Waals surface area contributed by atoms with Gasteiger partial charge in [0.2, 0.25) is 0 Å². The summed E-state index contributed by atoms with van der Waals surface area (Å²) in [6.45, 7) is 5.46. The second-order valence-electron chi connectivity index (χ2n) is 4.65. The summed E-state index contributed by atoms with van der Waals surface area (Å²) >= 11 is 0. The zero-order valence-corrected chi connectivity index (χ0v) is 14.0. The molecule has 0 heterocycles. The topological polar surface area (TPSA) is 117 Å². The monoisotopic (exact) mass is 340 g/mol. The van der Waals surface area contributed by atoms with E-state index < -0.39 is 28.6 Å². The maximum absolute atomic E-state index is 12.2. The van der Waals surface area contributed by atoms with Gasteiger partial charge in [-0.15, -0.1) is 0 Å². The van der Waals surface area contributed by atoms with Gasteiger partial charge in [-0.3, -0.25) is 14.9 Å². The molecule has 1 aromatic rings. The van der Waals surface area contributed by atoms with Gasteiger partial charge < -0.3 is 19.5 Å². The fourth-order valence-electron chi connectivity index (χ4n) is 1.89. The highest BCUT2D eigenvalue weighted by atomic mass is 16.6. The average molecular weight is 340 g/mol. The number of carbonyl (C=O) groups is 2. The predicted octanol–water partition coefficient (Wildman–Crippen LogP) is 1.68. The third kappa shape index (κ3) is 4.58. The average Bonchev–Trinajstić information content (AvgIpc) is 2.54. The molecule has 0 saturated heterocycles. The largest absolute Gasteiger partial charge is 0.493 e. The maximum Gasteiger partial charge on any atom is 0.346 e. The van der Waals surface area contributed by atoms with E-state index in [9.17, 15) is 19.7 Å². The van der Waals surface area contributed by atoms with Crippen LogP contribution in [-0.4, -0.2) is 43.2 Å². The van der Waals surface area contributed by atoms with Crippen LogP contribution in [0.5, 0.6) is 11.5 Å². The summed E-state index contributed by atoms with van der Waals surface area (Å²) in [6.07, 6.45) is -1.09. The highest BCUT2D eigenvalue weighted by molar-refractivity contribution is 5.96. The van der Waals surface area contributed by atoms with Gasteiger partial charge in [0.1, 0.15) is 5.56 Å². The van der Waals surface area contributed by atoms with Crippen LogP contribution < -0.4 is 14.8 Å². The van der Waals surface area contributed by atoms with Crippen molar-refractivity contribution >= 4 is 17.6 Å². The summed E-state index contributed by atoms with van der Waals surface area (Å²) in [5.41, 5.74) is -0.816. The van der Waals surface area contributed by atoms with Crippen LogP contribution in [0.4, 0.5) is 5.69 Å². The minimum Gasteiger partial charge on any atom is -0.493 e. The van der Waals surface area contributed by atoms with Crippen molar-refractivity contribution in [3.05, 3.63) is 27.8 Å². The molecule has 0 aromatic heterocycles. The summed E-state index contributed by atoms with van der Waals surface area (Å²) in [5, 5.41) is 13.7. The Bertz CT molecular complexity index is 630. The van der Waals surface area contributed by atoms with E-state index in [1.54, 1.807) is 13.8 Å². The maximum atomic E-state index is 12.2. The molecule has 0 spiro atoms.